The average molecular weight is 544 g/mol. The van der Waals surface area contributed by atoms with E-state index in [0.717, 1.165) is 35.4 Å². The maximum atomic E-state index is 12.4. The van der Waals surface area contributed by atoms with Crippen LogP contribution < -0.4 is 9.47 Å². The Bertz CT molecular complexity index is 952. The van der Waals surface area contributed by atoms with E-state index in [1.165, 1.54) is 0 Å². The predicted octanol–water partition coefficient (Wildman–Crippen LogP) is 2.99. The molecule has 0 spiro atoms. The van der Waals surface area contributed by atoms with Crippen LogP contribution in [0.2, 0.25) is 5.02 Å². The second-order valence-corrected chi connectivity index (χ2v) is 8.32. The molecule has 0 aromatic heterocycles. The van der Waals surface area contributed by atoms with Crippen LogP contribution in [0.3, 0.4) is 0 Å². The fraction of sp³-hybridized carbons (Fsp3) is 0.318. The lowest BCUT2D eigenvalue weighted by Crippen LogP contribution is -2.49. The van der Waals surface area contributed by atoms with Crippen LogP contribution in [0.4, 0.5) is 0 Å². The number of carbonyl (C=O) groups is 3. The summed E-state index contributed by atoms with van der Waals surface area (Å²) in [5.74, 6) is -2.11. The first-order chi connectivity index (χ1) is 15.7. The van der Waals surface area contributed by atoms with E-state index >= 15 is 0 Å². The minimum Gasteiger partial charge on any atom is -0.496 e. The predicted molar refractivity (Wildman–Crippen MR) is 125 cm³/mol. The van der Waals surface area contributed by atoms with Gasteiger partial charge in [0.1, 0.15) is 11.5 Å². The maximum Gasteiger partial charge on any atom is 0.414 e. The van der Waals surface area contributed by atoms with Crippen LogP contribution in [0.5, 0.6) is 11.5 Å². The van der Waals surface area contributed by atoms with Gasteiger partial charge in [0, 0.05) is 47.8 Å². The van der Waals surface area contributed by atoms with Crippen LogP contribution in [0.25, 0.3) is 0 Å². The summed E-state index contributed by atoms with van der Waals surface area (Å²) in [4.78, 5) is 34.8. The number of halogens is 2. The van der Waals surface area contributed by atoms with Crippen molar-refractivity contribution < 1.29 is 34.1 Å². The molecule has 33 heavy (non-hydrogen) atoms. The first-order valence-electron chi connectivity index (χ1n) is 9.86. The smallest absolute Gasteiger partial charge is 0.414 e. The van der Waals surface area contributed by atoms with Gasteiger partial charge in [0.05, 0.1) is 7.11 Å². The van der Waals surface area contributed by atoms with E-state index in [1.54, 1.807) is 31.4 Å². The maximum absolute atomic E-state index is 12.4. The minimum absolute atomic E-state index is 0.00429. The summed E-state index contributed by atoms with van der Waals surface area (Å²) < 4.78 is 12.0. The summed E-state index contributed by atoms with van der Waals surface area (Å²) in [6, 6.07) is 13.0. The number of nitrogens with zero attached hydrogens (tertiary/aromatic N) is 2. The van der Waals surface area contributed by atoms with Crippen LogP contribution in [0.1, 0.15) is 5.56 Å². The fourth-order valence-corrected chi connectivity index (χ4v) is 3.57. The van der Waals surface area contributed by atoms with Gasteiger partial charge in [-0.25, -0.2) is 9.59 Å². The monoisotopic (exact) mass is 542 g/mol. The van der Waals surface area contributed by atoms with Crippen molar-refractivity contribution in [3.63, 3.8) is 0 Å². The Morgan fingerprint density at radius 1 is 1.00 bits per heavy atom. The van der Waals surface area contributed by atoms with Gasteiger partial charge in [-0.1, -0.05) is 27.5 Å². The summed E-state index contributed by atoms with van der Waals surface area (Å²) in [6.45, 7) is 3.87. The number of hydrogen-bond donors (Lipinski definition) is 2. The molecular weight excluding hydrogens is 520 g/mol. The molecule has 2 aromatic carbocycles. The SMILES string of the molecule is COc1ccc(Br)cc1CN1CCN(C(=O)COc2ccc(Cl)cc2)CC1.O=C(O)C(=O)O. The van der Waals surface area contributed by atoms with E-state index in [-0.39, 0.29) is 12.5 Å². The Kier molecular flexibility index (Phi) is 10.4. The van der Waals surface area contributed by atoms with Gasteiger partial charge in [-0.3, -0.25) is 9.69 Å². The molecule has 1 heterocycles. The molecule has 0 aliphatic carbocycles. The van der Waals surface area contributed by atoms with Gasteiger partial charge < -0.3 is 24.6 Å². The first kappa shape index (κ1) is 26.4. The summed E-state index contributed by atoms with van der Waals surface area (Å²) in [5.41, 5.74) is 1.14. The molecule has 1 fully saturated rings. The lowest BCUT2D eigenvalue weighted by molar-refractivity contribution is -0.159. The Hall–Kier alpha value is -2.82. The van der Waals surface area contributed by atoms with Crippen molar-refractivity contribution >= 4 is 45.4 Å². The Morgan fingerprint density at radius 2 is 1.61 bits per heavy atom. The van der Waals surface area contributed by atoms with E-state index in [1.807, 2.05) is 17.0 Å². The summed E-state index contributed by atoms with van der Waals surface area (Å²) in [7, 11) is 1.68. The highest BCUT2D eigenvalue weighted by atomic mass is 79.9. The zero-order valence-electron chi connectivity index (χ0n) is 17.9. The summed E-state index contributed by atoms with van der Waals surface area (Å²) >= 11 is 9.36. The molecule has 3 rings (SSSR count). The van der Waals surface area contributed by atoms with E-state index in [0.29, 0.717) is 23.9 Å². The van der Waals surface area contributed by atoms with Gasteiger partial charge in [0.15, 0.2) is 6.61 Å². The molecule has 9 nitrogen and oxygen atoms in total. The zero-order chi connectivity index (χ0) is 24.4. The van der Waals surface area contributed by atoms with Crippen molar-refractivity contribution in [2.45, 2.75) is 6.54 Å². The number of benzene rings is 2. The van der Waals surface area contributed by atoms with Crippen LogP contribution in [0.15, 0.2) is 46.9 Å². The number of carbonyl (C=O) groups excluding carboxylic acids is 1. The quantitative estimate of drug-likeness (QED) is 0.534. The van der Waals surface area contributed by atoms with Gasteiger partial charge in [0.25, 0.3) is 5.91 Å². The van der Waals surface area contributed by atoms with Gasteiger partial charge in [-0.05, 0) is 42.5 Å². The molecule has 0 unspecified atom stereocenters. The van der Waals surface area contributed by atoms with E-state index in [2.05, 4.69) is 26.9 Å². The zero-order valence-corrected chi connectivity index (χ0v) is 20.2. The number of hydrogen-bond acceptors (Lipinski definition) is 6. The number of carboxylic acids is 2. The van der Waals surface area contributed by atoms with Crippen LogP contribution in [-0.4, -0.2) is 77.8 Å². The number of rotatable bonds is 6. The summed E-state index contributed by atoms with van der Waals surface area (Å²) in [6.07, 6.45) is 0. The number of piperazine rings is 1. The van der Waals surface area contributed by atoms with Crippen molar-refractivity contribution in [2.24, 2.45) is 0 Å². The third-order valence-corrected chi connectivity index (χ3v) is 5.47. The van der Waals surface area contributed by atoms with Gasteiger partial charge in [-0.15, -0.1) is 0 Å². The van der Waals surface area contributed by atoms with Crippen LogP contribution in [-0.2, 0) is 20.9 Å². The van der Waals surface area contributed by atoms with Crippen molar-refractivity contribution in [2.75, 3.05) is 39.9 Å². The number of carboxylic acid groups (broad SMARTS) is 2. The molecule has 0 radical (unpaired) electrons. The van der Waals surface area contributed by atoms with Crippen molar-refractivity contribution in [3.8, 4) is 11.5 Å². The fourth-order valence-electron chi connectivity index (χ4n) is 3.03. The number of ether oxygens (including phenoxy) is 2. The molecule has 1 amide bonds. The molecule has 0 saturated carbocycles. The highest BCUT2D eigenvalue weighted by molar-refractivity contribution is 9.10. The largest absolute Gasteiger partial charge is 0.496 e. The molecular formula is C22H24BrClN2O7. The van der Waals surface area contributed by atoms with Crippen LogP contribution >= 0.6 is 27.5 Å². The lowest BCUT2D eigenvalue weighted by Gasteiger charge is -2.35. The molecule has 1 aliphatic heterocycles. The van der Waals surface area contributed by atoms with E-state index in [4.69, 9.17) is 40.9 Å². The average Bonchev–Trinajstić information content (AvgIpc) is 2.79. The highest BCUT2D eigenvalue weighted by Crippen LogP contribution is 2.24. The van der Waals surface area contributed by atoms with E-state index < -0.39 is 11.9 Å². The minimum atomic E-state index is -1.82. The normalized spacial score (nSPS) is 13.5. The summed E-state index contributed by atoms with van der Waals surface area (Å²) in [5, 5.41) is 15.4. The second-order valence-electron chi connectivity index (χ2n) is 6.97. The second kappa shape index (κ2) is 13.0. The Balaban J connectivity index is 0.000000569. The molecule has 2 aromatic rings. The molecule has 178 valence electrons. The van der Waals surface area contributed by atoms with Gasteiger partial charge in [0.2, 0.25) is 0 Å². The number of amides is 1. The standard InChI is InChI=1S/C20H22BrClN2O3.C2H2O4/c1-26-19-7-2-16(21)12-15(19)13-23-8-10-24(11-9-23)20(25)14-27-18-5-3-17(22)4-6-18;3-1(4)2(5)6/h2-7,12H,8-11,13-14H2,1H3;(H,3,4)(H,5,6). The topological polar surface area (TPSA) is 117 Å². The lowest BCUT2D eigenvalue weighted by atomic mass is 10.1. The highest BCUT2D eigenvalue weighted by Gasteiger charge is 2.22. The molecule has 0 bridgehead atoms. The Labute approximate surface area is 204 Å². The van der Waals surface area contributed by atoms with Crippen molar-refractivity contribution in [1.82, 2.24) is 9.80 Å². The third kappa shape index (κ3) is 8.91. The number of aliphatic carboxylic acids is 2. The first-order valence-corrected chi connectivity index (χ1v) is 11.0. The van der Waals surface area contributed by atoms with Gasteiger partial charge in [-0.2, -0.15) is 0 Å². The van der Waals surface area contributed by atoms with Crippen molar-refractivity contribution in [1.29, 1.82) is 0 Å². The molecule has 11 heteroatoms. The molecule has 0 atom stereocenters. The molecule has 1 aliphatic rings. The molecule has 1 saturated heterocycles. The Morgan fingerprint density at radius 3 is 2.15 bits per heavy atom. The third-order valence-electron chi connectivity index (χ3n) is 4.72. The van der Waals surface area contributed by atoms with Gasteiger partial charge >= 0.3 is 11.9 Å². The van der Waals surface area contributed by atoms with E-state index in [9.17, 15) is 4.79 Å². The van der Waals surface area contributed by atoms with Crippen molar-refractivity contribution in [3.05, 3.63) is 57.5 Å². The molecule has 2 N–H and O–H groups in total. The van der Waals surface area contributed by atoms with Crippen LogP contribution in [0, 0.1) is 0 Å². The number of methoxy groups -OCH3 is 1.